The fourth-order valence-electron chi connectivity index (χ4n) is 1.12. The SMILES string of the molecule is C#C/C(=C\C=C(/CC)NC(=C)C)C(C)C. The van der Waals surface area contributed by atoms with E-state index in [1.807, 2.05) is 19.1 Å². The Morgan fingerprint density at radius 3 is 2.40 bits per heavy atom. The van der Waals surface area contributed by atoms with E-state index in [0.29, 0.717) is 5.92 Å². The average Bonchev–Trinajstić information content (AvgIpc) is 2.15. The van der Waals surface area contributed by atoms with Gasteiger partial charge in [-0.15, -0.1) is 6.42 Å². The number of rotatable bonds is 5. The maximum Gasteiger partial charge on any atom is 0.0145 e. The van der Waals surface area contributed by atoms with E-state index < -0.39 is 0 Å². The monoisotopic (exact) mass is 203 g/mol. The summed E-state index contributed by atoms with van der Waals surface area (Å²) in [5.74, 6) is 3.10. The van der Waals surface area contributed by atoms with E-state index in [0.717, 1.165) is 23.4 Å². The molecule has 1 nitrogen and oxygen atoms in total. The Morgan fingerprint density at radius 1 is 1.47 bits per heavy atom. The van der Waals surface area contributed by atoms with Crippen LogP contribution in [0.1, 0.15) is 34.1 Å². The Morgan fingerprint density at radius 2 is 2.07 bits per heavy atom. The molecule has 0 aliphatic carbocycles. The lowest BCUT2D eigenvalue weighted by atomic mass is 10.0. The maximum absolute atomic E-state index is 5.42. The minimum absolute atomic E-state index is 0.397. The highest BCUT2D eigenvalue weighted by atomic mass is 14.9. The van der Waals surface area contributed by atoms with Crippen LogP contribution in [0.2, 0.25) is 0 Å². The molecule has 0 unspecified atom stereocenters. The van der Waals surface area contributed by atoms with Gasteiger partial charge in [0.2, 0.25) is 0 Å². The summed E-state index contributed by atoms with van der Waals surface area (Å²) in [4.78, 5) is 0. The van der Waals surface area contributed by atoms with Gasteiger partial charge in [-0.3, -0.25) is 0 Å². The van der Waals surface area contributed by atoms with Crippen LogP contribution in [-0.2, 0) is 0 Å². The van der Waals surface area contributed by atoms with Gasteiger partial charge in [0, 0.05) is 17.0 Å². The van der Waals surface area contributed by atoms with Crippen molar-refractivity contribution in [2.75, 3.05) is 0 Å². The highest BCUT2D eigenvalue weighted by Gasteiger charge is 1.97. The Balaban J connectivity index is 4.71. The predicted molar refractivity (Wildman–Crippen MR) is 68.1 cm³/mol. The van der Waals surface area contributed by atoms with E-state index in [9.17, 15) is 0 Å². The summed E-state index contributed by atoms with van der Waals surface area (Å²) >= 11 is 0. The first-order chi connectivity index (χ1) is 7.01. The normalized spacial score (nSPS) is 12.5. The molecule has 1 heteroatoms. The molecule has 0 spiro atoms. The third-order valence-corrected chi connectivity index (χ3v) is 2.01. The van der Waals surface area contributed by atoms with Crippen LogP contribution in [0.4, 0.5) is 0 Å². The molecule has 82 valence electrons. The first kappa shape index (κ1) is 13.6. The summed E-state index contributed by atoms with van der Waals surface area (Å²) < 4.78 is 0. The van der Waals surface area contributed by atoms with Crippen LogP contribution < -0.4 is 5.32 Å². The molecule has 0 fully saturated rings. The third kappa shape index (κ3) is 5.80. The first-order valence-electron chi connectivity index (χ1n) is 5.31. The Hall–Kier alpha value is -1.42. The summed E-state index contributed by atoms with van der Waals surface area (Å²) in [6, 6.07) is 0. The van der Waals surface area contributed by atoms with Crippen molar-refractivity contribution in [3.63, 3.8) is 0 Å². The molecule has 0 saturated heterocycles. The lowest BCUT2D eigenvalue weighted by Gasteiger charge is -2.07. The molecule has 0 amide bonds. The minimum atomic E-state index is 0.397. The van der Waals surface area contributed by atoms with Crippen LogP contribution in [0.5, 0.6) is 0 Å². The molecule has 15 heavy (non-hydrogen) atoms. The van der Waals surface area contributed by atoms with Gasteiger partial charge in [-0.1, -0.05) is 33.3 Å². The largest absolute Gasteiger partial charge is 0.363 e. The van der Waals surface area contributed by atoms with E-state index in [1.54, 1.807) is 0 Å². The Kier molecular flexibility index (Phi) is 6.29. The molecule has 1 N–H and O–H groups in total. The van der Waals surface area contributed by atoms with E-state index in [2.05, 4.69) is 38.6 Å². The summed E-state index contributed by atoms with van der Waals surface area (Å²) in [5.41, 5.74) is 3.10. The van der Waals surface area contributed by atoms with Crippen molar-refractivity contribution in [1.82, 2.24) is 5.32 Å². The van der Waals surface area contributed by atoms with Gasteiger partial charge in [-0.2, -0.15) is 0 Å². The average molecular weight is 203 g/mol. The topological polar surface area (TPSA) is 12.0 Å². The fraction of sp³-hybridized carbons (Fsp3) is 0.429. The van der Waals surface area contributed by atoms with Crippen LogP contribution in [-0.4, -0.2) is 0 Å². The molecule has 0 aromatic rings. The van der Waals surface area contributed by atoms with Crippen molar-refractivity contribution < 1.29 is 0 Å². The summed E-state index contributed by atoms with van der Waals surface area (Å²) in [7, 11) is 0. The smallest absolute Gasteiger partial charge is 0.0145 e. The van der Waals surface area contributed by atoms with Gasteiger partial charge in [0.1, 0.15) is 0 Å². The zero-order valence-corrected chi connectivity index (χ0v) is 10.2. The molecule has 0 aromatic carbocycles. The van der Waals surface area contributed by atoms with Crippen molar-refractivity contribution in [3.8, 4) is 12.3 Å². The zero-order chi connectivity index (χ0) is 11.8. The third-order valence-electron chi connectivity index (χ3n) is 2.01. The van der Waals surface area contributed by atoms with E-state index in [4.69, 9.17) is 6.42 Å². The Labute approximate surface area is 94.0 Å². The van der Waals surface area contributed by atoms with Crippen molar-refractivity contribution in [2.24, 2.45) is 5.92 Å². The van der Waals surface area contributed by atoms with Crippen LogP contribution in [0.3, 0.4) is 0 Å². The summed E-state index contributed by atoms with van der Waals surface area (Å²) in [6.07, 6.45) is 10.4. The lowest BCUT2D eigenvalue weighted by Crippen LogP contribution is -2.08. The van der Waals surface area contributed by atoms with Crippen molar-refractivity contribution in [2.45, 2.75) is 34.1 Å². The summed E-state index contributed by atoms with van der Waals surface area (Å²) in [5, 5.41) is 3.20. The quantitative estimate of drug-likeness (QED) is 0.531. The highest BCUT2D eigenvalue weighted by Crippen LogP contribution is 2.09. The van der Waals surface area contributed by atoms with E-state index in [1.165, 1.54) is 0 Å². The van der Waals surface area contributed by atoms with Crippen LogP contribution >= 0.6 is 0 Å². The molecule has 0 aliphatic rings. The summed E-state index contributed by atoms with van der Waals surface area (Å²) in [6.45, 7) is 12.0. The zero-order valence-electron chi connectivity index (χ0n) is 10.2. The number of nitrogens with one attached hydrogen (secondary N) is 1. The van der Waals surface area contributed by atoms with Gasteiger partial charge in [0.25, 0.3) is 0 Å². The van der Waals surface area contributed by atoms with Crippen molar-refractivity contribution >= 4 is 0 Å². The van der Waals surface area contributed by atoms with Crippen LogP contribution in [0.25, 0.3) is 0 Å². The highest BCUT2D eigenvalue weighted by molar-refractivity contribution is 5.32. The van der Waals surface area contributed by atoms with Crippen molar-refractivity contribution in [3.05, 3.63) is 35.7 Å². The molecule has 0 aromatic heterocycles. The second kappa shape index (κ2) is 6.95. The molecule has 0 heterocycles. The molecular weight excluding hydrogens is 182 g/mol. The molecule has 0 aliphatic heterocycles. The molecule has 0 radical (unpaired) electrons. The van der Waals surface area contributed by atoms with Gasteiger partial charge in [-0.25, -0.2) is 0 Å². The molecule has 0 bridgehead atoms. The molecular formula is C14H21N. The molecule has 0 rings (SSSR count). The number of terminal acetylenes is 1. The fourth-order valence-corrected chi connectivity index (χ4v) is 1.12. The lowest BCUT2D eigenvalue weighted by molar-refractivity contribution is 0.798. The number of allylic oxidation sites excluding steroid dienone is 5. The Bertz CT molecular complexity index is 311. The molecule has 0 atom stereocenters. The maximum atomic E-state index is 5.42. The second-order valence-corrected chi connectivity index (χ2v) is 3.87. The van der Waals surface area contributed by atoms with Crippen LogP contribution in [0.15, 0.2) is 35.7 Å². The van der Waals surface area contributed by atoms with Crippen LogP contribution in [0, 0.1) is 18.3 Å². The standard InChI is InChI=1S/C14H21N/c1-7-13(11(3)4)9-10-14(8-2)15-12(5)6/h1,9-11,15H,5,8H2,2-4,6H3/b13-9+,14-10+. The molecule has 0 saturated carbocycles. The predicted octanol–water partition coefficient (Wildman–Crippen LogP) is 3.62. The minimum Gasteiger partial charge on any atom is -0.363 e. The van der Waals surface area contributed by atoms with Gasteiger partial charge in [0.05, 0.1) is 0 Å². The van der Waals surface area contributed by atoms with Gasteiger partial charge < -0.3 is 5.32 Å². The number of hydrogen-bond acceptors (Lipinski definition) is 1. The first-order valence-corrected chi connectivity index (χ1v) is 5.31. The van der Waals surface area contributed by atoms with Gasteiger partial charge in [-0.05, 0) is 31.4 Å². The van der Waals surface area contributed by atoms with Crippen molar-refractivity contribution in [1.29, 1.82) is 0 Å². The second-order valence-electron chi connectivity index (χ2n) is 3.87. The van der Waals surface area contributed by atoms with Gasteiger partial charge >= 0.3 is 0 Å². The van der Waals surface area contributed by atoms with Gasteiger partial charge in [0.15, 0.2) is 0 Å². The van der Waals surface area contributed by atoms with E-state index in [-0.39, 0.29) is 0 Å². The number of hydrogen-bond donors (Lipinski definition) is 1. The van der Waals surface area contributed by atoms with E-state index >= 15 is 0 Å².